The van der Waals surface area contributed by atoms with Crippen molar-refractivity contribution < 1.29 is 4.79 Å². The SMILES string of the molecule is CC(C)CNc1cc(Cl)ncc1C=O. The Kier molecular flexibility index (Phi) is 3.89. The van der Waals surface area contributed by atoms with Crippen molar-refractivity contribution in [3.63, 3.8) is 0 Å². The highest BCUT2D eigenvalue weighted by Gasteiger charge is 2.03. The van der Waals surface area contributed by atoms with Crippen LogP contribution in [-0.2, 0) is 0 Å². The van der Waals surface area contributed by atoms with Crippen LogP contribution in [0.3, 0.4) is 0 Å². The van der Waals surface area contributed by atoms with E-state index < -0.39 is 0 Å². The van der Waals surface area contributed by atoms with Gasteiger partial charge in [-0.05, 0) is 12.0 Å². The average molecular weight is 213 g/mol. The van der Waals surface area contributed by atoms with Gasteiger partial charge in [-0.1, -0.05) is 25.4 Å². The summed E-state index contributed by atoms with van der Waals surface area (Å²) in [6.45, 7) is 4.99. The van der Waals surface area contributed by atoms with Crippen molar-refractivity contribution >= 4 is 23.6 Å². The lowest BCUT2D eigenvalue weighted by molar-refractivity contribution is 0.112. The molecule has 3 nitrogen and oxygen atoms in total. The van der Waals surface area contributed by atoms with Gasteiger partial charge in [0.25, 0.3) is 0 Å². The van der Waals surface area contributed by atoms with Crippen molar-refractivity contribution in [3.05, 3.63) is 23.0 Å². The van der Waals surface area contributed by atoms with Crippen molar-refractivity contribution in [2.75, 3.05) is 11.9 Å². The van der Waals surface area contributed by atoms with Gasteiger partial charge in [-0.15, -0.1) is 0 Å². The number of carbonyl (C=O) groups is 1. The predicted octanol–water partition coefficient (Wildman–Crippen LogP) is 2.62. The Bertz CT molecular complexity index is 326. The maximum atomic E-state index is 10.7. The molecule has 0 aromatic carbocycles. The molecule has 76 valence electrons. The van der Waals surface area contributed by atoms with Crippen molar-refractivity contribution in [1.29, 1.82) is 0 Å². The molecule has 0 saturated heterocycles. The summed E-state index contributed by atoms with van der Waals surface area (Å²) < 4.78 is 0. The van der Waals surface area contributed by atoms with E-state index in [0.717, 1.165) is 18.5 Å². The van der Waals surface area contributed by atoms with Crippen LogP contribution >= 0.6 is 11.6 Å². The van der Waals surface area contributed by atoms with Crippen LogP contribution in [0.4, 0.5) is 5.69 Å². The van der Waals surface area contributed by atoms with Crippen molar-refractivity contribution in [2.24, 2.45) is 5.92 Å². The van der Waals surface area contributed by atoms with Crippen molar-refractivity contribution in [2.45, 2.75) is 13.8 Å². The molecule has 1 heterocycles. The molecule has 0 saturated carbocycles. The first-order valence-electron chi connectivity index (χ1n) is 4.48. The number of hydrogen-bond acceptors (Lipinski definition) is 3. The number of rotatable bonds is 4. The molecule has 0 aliphatic rings. The molecule has 0 aliphatic heterocycles. The van der Waals surface area contributed by atoms with Crippen LogP contribution in [0.2, 0.25) is 5.15 Å². The van der Waals surface area contributed by atoms with Crippen LogP contribution in [-0.4, -0.2) is 17.8 Å². The zero-order chi connectivity index (χ0) is 10.6. The summed E-state index contributed by atoms with van der Waals surface area (Å²) in [5.41, 5.74) is 1.28. The first-order valence-corrected chi connectivity index (χ1v) is 4.86. The Balaban J connectivity index is 2.82. The molecule has 1 aromatic rings. The number of halogens is 1. The summed E-state index contributed by atoms with van der Waals surface area (Å²) >= 11 is 5.72. The number of anilines is 1. The average Bonchev–Trinajstić information content (AvgIpc) is 2.15. The highest BCUT2D eigenvalue weighted by atomic mass is 35.5. The van der Waals surface area contributed by atoms with E-state index in [1.54, 1.807) is 6.07 Å². The van der Waals surface area contributed by atoms with Gasteiger partial charge in [0.05, 0.1) is 5.56 Å². The standard InChI is InChI=1S/C10H13ClN2O/c1-7(2)4-12-9-3-10(11)13-5-8(9)6-14/h3,5-7H,4H2,1-2H3,(H,12,13). The fourth-order valence-corrected chi connectivity index (χ4v) is 1.16. The van der Waals surface area contributed by atoms with Crippen LogP contribution in [0.1, 0.15) is 24.2 Å². The molecule has 0 radical (unpaired) electrons. The Morgan fingerprint density at radius 1 is 1.64 bits per heavy atom. The fraction of sp³-hybridized carbons (Fsp3) is 0.400. The summed E-state index contributed by atoms with van der Waals surface area (Å²) in [6.07, 6.45) is 2.24. The third kappa shape index (κ3) is 3.00. The van der Waals surface area contributed by atoms with Crippen LogP contribution in [0, 0.1) is 5.92 Å². The van der Waals surface area contributed by atoms with Gasteiger partial charge in [0.2, 0.25) is 0 Å². The van der Waals surface area contributed by atoms with Crippen LogP contribution in [0.5, 0.6) is 0 Å². The number of nitrogens with zero attached hydrogens (tertiary/aromatic N) is 1. The van der Waals surface area contributed by atoms with E-state index in [-0.39, 0.29) is 0 Å². The molecule has 0 spiro atoms. The fourth-order valence-electron chi connectivity index (χ4n) is 1.00. The third-order valence-electron chi connectivity index (χ3n) is 1.73. The van der Waals surface area contributed by atoms with Gasteiger partial charge < -0.3 is 5.32 Å². The van der Waals surface area contributed by atoms with Crippen molar-refractivity contribution in [1.82, 2.24) is 4.98 Å². The molecular formula is C10H13ClN2O. The minimum absolute atomic E-state index is 0.391. The monoisotopic (exact) mass is 212 g/mol. The number of aromatic nitrogens is 1. The quantitative estimate of drug-likeness (QED) is 0.616. The zero-order valence-corrected chi connectivity index (χ0v) is 9.01. The summed E-state index contributed by atoms with van der Waals surface area (Å²) in [6, 6.07) is 1.66. The maximum absolute atomic E-state index is 10.7. The molecule has 4 heteroatoms. The predicted molar refractivity (Wildman–Crippen MR) is 58.0 cm³/mol. The van der Waals surface area contributed by atoms with Crippen LogP contribution in [0.25, 0.3) is 0 Å². The molecule has 0 fully saturated rings. The first kappa shape index (κ1) is 11.0. The summed E-state index contributed by atoms with van der Waals surface area (Å²) in [5.74, 6) is 0.515. The second-order valence-electron chi connectivity index (χ2n) is 3.49. The topological polar surface area (TPSA) is 42.0 Å². The van der Waals surface area contributed by atoms with Gasteiger partial charge in [0.1, 0.15) is 5.15 Å². The Labute approximate surface area is 88.5 Å². The van der Waals surface area contributed by atoms with Crippen LogP contribution < -0.4 is 5.32 Å². The summed E-state index contributed by atoms with van der Waals surface area (Å²) in [4.78, 5) is 14.5. The van der Waals surface area contributed by atoms with Gasteiger partial charge in [-0.25, -0.2) is 4.98 Å². The number of aldehydes is 1. The normalized spacial score (nSPS) is 10.3. The van der Waals surface area contributed by atoms with E-state index in [1.807, 2.05) is 0 Å². The van der Waals surface area contributed by atoms with Crippen LogP contribution in [0.15, 0.2) is 12.3 Å². The molecule has 0 bridgehead atoms. The molecule has 1 aromatic heterocycles. The summed E-state index contributed by atoms with van der Waals surface area (Å²) in [5, 5.41) is 3.54. The highest BCUT2D eigenvalue weighted by Crippen LogP contribution is 2.17. The molecule has 0 atom stereocenters. The van der Waals surface area contributed by atoms with E-state index in [9.17, 15) is 4.79 Å². The second-order valence-corrected chi connectivity index (χ2v) is 3.87. The van der Waals surface area contributed by atoms with E-state index in [0.29, 0.717) is 16.6 Å². The maximum Gasteiger partial charge on any atom is 0.153 e. The largest absolute Gasteiger partial charge is 0.384 e. The lowest BCUT2D eigenvalue weighted by Crippen LogP contribution is -2.09. The lowest BCUT2D eigenvalue weighted by Gasteiger charge is -2.10. The van der Waals surface area contributed by atoms with Crippen molar-refractivity contribution in [3.8, 4) is 0 Å². The van der Waals surface area contributed by atoms with E-state index in [4.69, 9.17) is 11.6 Å². The Morgan fingerprint density at radius 2 is 2.36 bits per heavy atom. The lowest BCUT2D eigenvalue weighted by atomic mass is 10.2. The molecular weight excluding hydrogens is 200 g/mol. The Morgan fingerprint density at radius 3 is 2.93 bits per heavy atom. The number of pyridine rings is 1. The van der Waals surface area contributed by atoms with Gasteiger partial charge in [-0.2, -0.15) is 0 Å². The Hall–Kier alpha value is -1.09. The number of nitrogens with one attached hydrogen (secondary N) is 1. The van der Waals surface area contributed by atoms with Gasteiger partial charge in [0, 0.05) is 18.4 Å². The number of carbonyl (C=O) groups excluding carboxylic acids is 1. The molecule has 0 amide bonds. The first-order chi connectivity index (χ1) is 6.63. The molecule has 1 N–H and O–H groups in total. The minimum atomic E-state index is 0.391. The highest BCUT2D eigenvalue weighted by molar-refractivity contribution is 6.29. The summed E-state index contributed by atoms with van der Waals surface area (Å²) in [7, 11) is 0. The zero-order valence-electron chi connectivity index (χ0n) is 8.25. The smallest absolute Gasteiger partial charge is 0.153 e. The van der Waals surface area contributed by atoms with Gasteiger partial charge in [0.15, 0.2) is 6.29 Å². The molecule has 0 aliphatic carbocycles. The number of hydrogen-bond donors (Lipinski definition) is 1. The van der Waals surface area contributed by atoms with E-state index in [2.05, 4.69) is 24.1 Å². The molecule has 14 heavy (non-hydrogen) atoms. The van der Waals surface area contributed by atoms with Gasteiger partial charge in [-0.3, -0.25) is 4.79 Å². The van der Waals surface area contributed by atoms with E-state index in [1.165, 1.54) is 6.20 Å². The molecule has 0 unspecified atom stereocenters. The minimum Gasteiger partial charge on any atom is -0.384 e. The second kappa shape index (κ2) is 4.96. The third-order valence-corrected chi connectivity index (χ3v) is 1.94. The molecule has 1 rings (SSSR count). The van der Waals surface area contributed by atoms with E-state index >= 15 is 0 Å². The van der Waals surface area contributed by atoms with Gasteiger partial charge >= 0.3 is 0 Å².